The number of hydrogen-bond donors (Lipinski definition) is 2. The molecule has 1 heterocycles. The maximum Gasteiger partial charge on any atom is 0.343 e. The van der Waals surface area contributed by atoms with Crippen LogP contribution >= 0.6 is 0 Å². The van der Waals surface area contributed by atoms with Crippen molar-refractivity contribution in [2.75, 3.05) is 7.11 Å². The quantitative estimate of drug-likeness (QED) is 0.301. The predicted molar refractivity (Wildman–Crippen MR) is 35.1 cm³/mol. The Morgan fingerprint density at radius 2 is 2.17 bits per heavy atom. The fourth-order valence-electron chi connectivity index (χ4n) is 0.974. The summed E-state index contributed by atoms with van der Waals surface area (Å²) in [4.78, 5) is 31.9. The summed E-state index contributed by atoms with van der Waals surface area (Å²) in [6, 6.07) is 0. The lowest BCUT2D eigenvalue weighted by molar-refractivity contribution is -0.171. The molecule has 0 aromatic carbocycles. The van der Waals surface area contributed by atoms with E-state index in [4.69, 9.17) is 5.11 Å². The topological polar surface area (TPSA) is 92.7 Å². The van der Waals surface area contributed by atoms with E-state index in [-0.39, 0.29) is 6.42 Å². The Morgan fingerprint density at radius 1 is 1.67 bits per heavy atom. The second kappa shape index (κ2) is 2.47. The van der Waals surface area contributed by atoms with Crippen molar-refractivity contribution in [1.29, 1.82) is 0 Å². The molecule has 0 radical (unpaired) electrons. The van der Waals surface area contributed by atoms with E-state index < -0.39 is 23.4 Å². The minimum absolute atomic E-state index is 0.352. The molecule has 1 aliphatic rings. The molecule has 6 nitrogen and oxygen atoms in total. The van der Waals surface area contributed by atoms with Gasteiger partial charge in [0.15, 0.2) is 0 Å². The molecule has 1 aliphatic heterocycles. The summed E-state index contributed by atoms with van der Waals surface area (Å²) in [5.74, 6) is -2.81. The summed E-state index contributed by atoms with van der Waals surface area (Å²) in [6.45, 7) is 0. The van der Waals surface area contributed by atoms with Gasteiger partial charge in [-0.1, -0.05) is 0 Å². The smallest absolute Gasteiger partial charge is 0.343 e. The van der Waals surface area contributed by atoms with Crippen molar-refractivity contribution in [3.8, 4) is 0 Å². The van der Waals surface area contributed by atoms with Crippen molar-refractivity contribution >= 4 is 17.8 Å². The van der Waals surface area contributed by atoms with E-state index in [1.165, 1.54) is 0 Å². The Hall–Kier alpha value is -1.59. The Labute approximate surface area is 67.5 Å². The zero-order valence-corrected chi connectivity index (χ0v) is 6.29. The average Bonchev–Trinajstić information content (AvgIpc) is 1.96. The molecule has 0 spiro atoms. The highest BCUT2D eigenvalue weighted by Gasteiger charge is 2.57. The molecule has 1 atom stereocenters. The third kappa shape index (κ3) is 0.919. The van der Waals surface area contributed by atoms with Crippen molar-refractivity contribution in [3.63, 3.8) is 0 Å². The lowest BCUT2D eigenvalue weighted by Crippen LogP contribution is -2.70. The van der Waals surface area contributed by atoms with E-state index in [1.54, 1.807) is 0 Å². The Balaban J connectivity index is 2.83. The minimum Gasteiger partial charge on any atom is -0.479 e. The molecule has 0 bridgehead atoms. The molecule has 1 saturated heterocycles. The van der Waals surface area contributed by atoms with E-state index >= 15 is 0 Å². The molecular weight excluding hydrogens is 166 g/mol. The molecule has 0 aromatic heterocycles. The van der Waals surface area contributed by atoms with Crippen LogP contribution in [-0.2, 0) is 19.1 Å². The number of ether oxygens (including phenoxy) is 1. The van der Waals surface area contributed by atoms with Gasteiger partial charge < -0.3 is 15.2 Å². The van der Waals surface area contributed by atoms with Gasteiger partial charge in [0, 0.05) is 0 Å². The van der Waals surface area contributed by atoms with Gasteiger partial charge >= 0.3 is 11.9 Å². The van der Waals surface area contributed by atoms with E-state index in [9.17, 15) is 14.4 Å². The number of carbonyl (C=O) groups excluding carboxylic acids is 2. The number of β-lactam (4-membered cyclic amide) rings is 1. The maximum atomic E-state index is 10.9. The number of carbonyl (C=O) groups is 3. The fraction of sp³-hybridized carbons (Fsp3) is 0.500. The van der Waals surface area contributed by atoms with Crippen molar-refractivity contribution in [2.24, 2.45) is 0 Å². The summed E-state index contributed by atoms with van der Waals surface area (Å²) in [5.41, 5.74) is -1.84. The Bertz CT molecular complexity index is 251. The second-order valence-corrected chi connectivity index (χ2v) is 2.43. The van der Waals surface area contributed by atoms with Crippen LogP contribution in [0.1, 0.15) is 6.42 Å². The van der Waals surface area contributed by atoms with Crippen molar-refractivity contribution in [1.82, 2.24) is 5.32 Å². The number of methoxy groups -OCH3 is 1. The van der Waals surface area contributed by atoms with Gasteiger partial charge in [-0.3, -0.25) is 4.79 Å². The zero-order valence-electron chi connectivity index (χ0n) is 6.29. The number of esters is 1. The van der Waals surface area contributed by atoms with Crippen LogP contribution in [0.15, 0.2) is 0 Å². The molecule has 1 amide bonds. The highest BCUT2D eigenvalue weighted by atomic mass is 16.5. The number of rotatable bonds is 2. The van der Waals surface area contributed by atoms with Gasteiger partial charge in [-0.15, -0.1) is 0 Å². The Morgan fingerprint density at radius 3 is 2.42 bits per heavy atom. The van der Waals surface area contributed by atoms with Crippen LogP contribution in [0, 0.1) is 0 Å². The van der Waals surface area contributed by atoms with E-state index in [0.717, 1.165) is 7.11 Å². The number of aliphatic carboxylic acids is 1. The van der Waals surface area contributed by atoms with Crippen molar-refractivity contribution < 1.29 is 24.2 Å². The highest BCUT2D eigenvalue weighted by Crippen LogP contribution is 2.21. The monoisotopic (exact) mass is 173 g/mol. The third-order valence-electron chi connectivity index (χ3n) is 1.68. The van der Waals surface area contributed by atoms with Crippen LogP contribution < -0.4 is 5.32 Å². The van der Waals surface area contributed by atoms with Crippen molar-refractivity contribution in [2.45, 2.75) is 12.0 Å². The number of carboxylic acids is 1. The molecule has 66 valence electrons. The number of amides is 1. The molecule has 1 fully saturated rings. The largest absolute Gasteiger partial charge is 0.479 e. The maximum absolute atomic E-state index is 10.9. The Kier molecular flexibility index (Phi) is 1.75. The molecule has 1 unspecified atom stereocenters. The first-order valence-electron chi connectivity index (χ1n) is 3.16. The third-order valence-corrected chi connectivity index (χ3v) is 1.68. The first-order chi connectivity index (χ1) is 5.53. The van der Waals surface area contributed by atoms with Crippen LogP contribution in [0.4, 0.5) is 0 Å². The zero-order chi connectivity index (χ0) is 9.35. The molecular formula is C6H7NO5. The summed E-state index contributed by atoms with van der Waals surface area (Å²) in [6.07, 6.45) is -0.352. The van der Waals surface area contributed by atoms with Crippen LogP contribution in [-0.4, -0.2) is 35.6 Å². The average molecular weight is 173 g/mol. The predicted octanol–water partition coefficient (Wildman–Crippen LogP) is -1.50. The normalized spacial score (nSPS) is 26.9. The standard InChI is InChI=1S/C6H7NO5/c1-12-5(11)6(4(9)10)2-3(8)7-6/h2H2,1H3,(H,7,8)(H,9,10). The van der Waals surface area contributed by atoms with Crippen LogP contribution in [0.2, 0.25) is 0 Å². The van der Waals surface area contributed by atoms with E-state index in [0.29, 0.717) is 0 Å². The molecule has 2 N–H and O–H groups in total. The second-order valence-electron chi connectivity index (χ2n) is 2.43. The molecule has 0 aliphatic carbocycles. The number of hydrogen-bond acceptors (Lipinski definition) is 4. The summed E-state index contributed by atoms with van der Waals surface area (Å²) in [7, 11) is 1.07. The lowest BCUT2D eigenvalue weighted by Gasteiger charge is -2.34. The minimum atomic E-state index is -1.84. The highest BCUT2D eigenvalue weighted by molar-refractivity contribution is 6.14. The molecule has 12 heavy (non-hydrogen) atoms. The first kappa shape index (κ1) is 8.51. The van der Waals surface area contributed by atoms with Crippen molar-refractivity contribution in [3.05, 3.63) is 0 Å². The summed E-state index contributed by atoms with van der Waals surface area (Å²) < 4.78 is 4.23. The van der Waals surface area contributed by atoms with Gasteiger partial charge in [0.05, 0.1) is 13.5 Å². The summed E-state index contributed by atoms with van der Waals surface area (Å²) in [5, 5.41) is 10.6. The van der Waals surface area contributed by atoms with Gasteiger partial charge in [-0.25, -0.2) is 9.59 Å². The summed E-state index contributed by atoms with van der Waals surface area (Å²) >= 11 is 0. The van der Waals surface area contributed by atoms with Gasteiger partial charge in [0.25, 0.3) is 0 Å². The molecule has 6 heteroatoms. The number of nitrogens with one attached hydrogen (secondary N) is 1. The fourth-order valence-corrected chi connectivity index (χ4v) is 0.974. The molecule has 0 saturated carbocycles. The van der Waals surface area contributed by atoms with Crippen LogP contribution in [0.5, 0.6) is 0 Å². The number of carboxylic acid groups (broad SMARTS) is 1. The van der Waals surface area contributed by atoms with Gasteiger partial charge in [0.1, 0.15) is 0 Å². The van der Waals surface area contributed by atoms with Gasteiger partial charge in [-0.2, -0.15) is 0 Å². The van der Waals surface area contributed by atoms with Crippen LogP contribution in [0.25, 0.3) is 0 Å². The van der Waals surface area contributed by atoms with Gasteiger partial charge in [0.2, 0.25) is 11.4 Å². The molecule has 0 aromatic rings. The lowest BCUT2D eigenvalue weighted by atomic mass is 9.87. The van der Waals surface area contributed by atoms with E-state index in [1.807, 2.05) is 5.32 Å². The van der Waals surface area contributed by atoms with E-state index in [2.05, 4.69) is 4.74 Å². The first-order valence-corrected chi connectivity index (χ1v) is 3.16. The SMILES string of the molecule is COC(=O)C1(C(=O)O)CC(=O)N1. The molecule has 1 rings (SSSR count). The van der Waals surface area contributed by atoms with Crippen LogP contribution in [0.3, 0.4) is 0 Å². The van der Waals surface area contributed by atoms with Gasteiger partial charge in [-0.05, 0) is 0 Å².